The van der Waals surface area contributed by atoms with Crippen LogP contribution in [0.2, 0.25) is 0 Å². The second-order valence-corrected chi connectivity index (χ2v) is 5.57. The highest BCUT2D eigenvalue weighted by molar-refractivity contribution is 5.63. The fraction of sp³-hybridized carbons (Fsp3) is 0.500. The Morgan fingerprint density at radius 2 is 1.94 bits per heavy atom. The standard InChI is InChI=1S/C16H24O/c1-7-8-13-9-10-14(12(2)3)11-15(13)17-16(4,5)6/h9-11H,2,7-8H2,1,3-6H3. The molecule has 0 heterocycles. The van der Waals surface area contributed by atoms with Gasteiger partial charge in [-0.3, -0.25) is 0 Å². The zero-order valence-electron chi connectivity index (χ0n) is 11.8. The van der Waals surface area contributed by atoms with E-state index in [2.05, 4.69) is 52.5 Å². The molecule has 0 amide bonds. The van der Waals surface area contributed by atoms with E-state index in [0.29, 0.717) is 0 Å². The van der Waals surface area contributed by atoms with E-state index < -0.39 is 0 Å². The van der Waals surface area contributed by atoms with Crippen molar-refractivity contribution in [2.24, 2.45) is 0 Å². The number of hydrogen-bond acceptors (Lipinski definition) is 1. The van der Waals surface area contributed by atoms with Crippen LogP contribution in [0.1, 0.15) is 52.2 Å². The van der Waals surface area contributed by atoms with Gasteiger partial charge in [-0.25, -0.2) is 0 Å². The first-order chi connectivity index (χ1) is 7.83. The molecule has 0 spiro atoms. The average molecular weight is 232 g/mol. The van der Waals surface area contributed by atoms with Crippen LogP contribution in [0, 0.1) is 0 Å². The molecular formula is C16H24O. The van der Waals surface area contributed by atoms with Gasteiger partial charge < -0.3 is 4.74 Å². The summed E-state index contributed by atoms with van der Waals surface area (Å²) in [5, 5.41) is 0. The van der Waals surface area contributed by atoms with Gasteiger partial charge >= 0.3 is 0 Å². The molecule has 0 atom stereocenters. The number of allylic oxidation sites excluding steroid dienone is 1. The van der Waals surface area contributed by atoms with Crippen LogP contribution < -0.4 is 4.74 Å². The van der Waals surface area contributed by atoms with Gasteiger partial charge in [-0.05, 0) is 51.3 Å². The largest absolute Gasteiger partial charge is 0.488 e. The van der Waals surface area contributed by atoms with E-state index in [9.17, 15) is 0 Å². The lowest BCUT2D eigenvalue weighted by atomic mass is 10.0. The summed E-state index contributed by atoms with van der Waals surface area (Å²) in [5.41, 5.74) is 3.36. The molecule has 0 saturated heterocycles. The molecule has 0 N–H and O–H groups in total. The van der Waals surface area contributed by atoms with Gasteiger partial charge in [0, 0.05) is 0 Å². The molecule has 0 saturated carbocycles. The highest BCUT2D eigenvalue weighted by Crippen LogP contribution is 2.28. The van der Waals surface area contributed by atoms with Crippen molar-refractivity contribution >= 4 is 5.57 Å². The van der Waals surface area contributed by atoms with E-state index in [1.54, 1.807) is 0 Å². The van der Waals surface area contributed by atoms with Crippen LogP contribution in [0.4, 0.5) is 0 Å². The molecule has 0 radical (unpaired) electrons. The third kappa shape index (κ3) is 4.26. The van der Waals surface area contributed by atoms with Crippen molar-refractivity contribution in [1.82, 2.24) is 0 Å². The Kier molecular flexibility index (Phi) is 4.39. The van der Waals surface area contributed by atoms with E-state index in [1.165, 1.54) is 5.56 Å². The summed E-state index contributed by atoms with van der Waals surface area (Å²) in [6, 6.07) is 6.40. The third-order valence-corrected chi connectivity index (χ3v) is 2.50. The van der Waals surface area contributed by atoms with E-state index in [4.69, 9.17) is 4.74 Å². The van der Waals surface area contributed by atoms with Gasteiger partial charge in [0.1, 0.15) is 11.4 Å². The first-order valence-corrected chi connectivity index (χ1v) is 6.31. The lowest BCUT2D eigenvalue weighted by Gasteiger charge is -2.24. The molecule has 94 valence electrons. The average Bonchev–Trinajstić information content (AvgIpc) is 2.18. The van der Waals surface area contributed by atoms with E-state index in [-0.39, 0.29) is 5.60 Å². The summed E-state index contributed by atoms with van der Waals surface area (Å²) in [6.07, 6.45) is 2.19. The van der Waals surface area contributed by atoms with Crippen LogP contribution in [0.25, 0.3) is 5.57 Å². The van der Waals surface area contributed by atoms with Gasteiger partial charge in [0.2, 0.25) is 0 Å². The molecule has 0 aliphatic carbocycles. The van der Waals surface area contributed by atoms with Gasteiger partial charge in [0.05, 0.1) is 0 Å². The Labute approximate surface area is 106 Å². The SMILES string of the molecule is C=C(C)c1ccc(CCC)c(OC(C)(C)C)c1. The minimum Gasteiger partial charge on any atom is -0.488 e. The highest BCUT2D eigenvalue weighted by atomic mass is 16.5. The maximum absolute atomic E-state index is 6.04. The minimum atomic E-state index is -0.157. The topological polar surface area (TPSA) is 9.23 Å². The van der Waals surface area contributed by atoms with E-state index >= 15 is 0 Å². The fourth-order valence-corrected chi connectivity index (χ4v) is 1.72. The zero-order chi connectivity index (χ0) is 13.1. The molecule has 0 aliphatic rings. The molecule has 1 rings (SSSR count). The fourth-order valence-electron chi connectivity index (χ4n) is 1.72. The zero-order valence-corrected chi connectivity index (χ0v) is 11.8. The highest BCUT2D eigenvalue weighted by Gasteiger charge is 2.15. The molecule has 0 bridgehead atoms. The molecule has 0 aromatic heterocycles. The number of hydrogen-bond donors (Lipinski definition) is 0. The third-order valence-electron chi connectivity index (χ3n) is 2.50. The first-order valence-electron chi connectivity index (χ1n) is 6.31. The maximum atomic E-state index is 6.04. The molecule has 0 unspecified atom stereocenters. The van der Waals surface area contributed by atoms with Crippen LogP contribution in [-0.4, -0.2) is 5.60 Å². The van der Waals surface area contributed by atoms with Crippen LogP contribution in [0.3, 0.4) is 0 Å². The van der Waals surface area contributed by atoms with Crippen molar-refractivity contribution in [3.63, 3.8) is 0 Å². The Hall–Kier alpha value is -1.24. The van der Waals surface area contributed by atoms with Gasteiger partial charge in [-0.2, -0.15) is 0 Å². The molecule has 17 heavy (non-hydrogen) atoms. The van der Waals surface area contributed by atoms with Gasteiger partial charge in [-0.15, -0.1) is 0 Å². The molecule has 1 nitrogen and oxygen atoms in total. The van der Waals surface area contributed by atoms with Crippen molar-refractivity contribution < 1.29 is 4.74 Å². The second-order valence-electron chi connectivity index (χ2n) is 5.57. The molecular weight excluding hydrogens is 208 g/mol. The maximum Gasteiger partial charge on any atom is 0.123 e. The Bertz CT molecular complexity index is 396. The summed E-state index contributed by atoms with van der Waals surface area (Å²) in [4.78, 5) is 0. The van der Waals surface area contributed by atoms with Gasteiger partial charge in [0.15, 0.2) is 0 Å². The first kappa shape index (κ1) is 13.8. The second kappa shape index (κ2) is 5.39. The van der Waals surface area contributed by atoms with Crippen LogP contribution in [0.15, 0.2) is 24.8 Å². The summed E-state index contributed by atoms with van der Waals surface area (Å²) in [6.45, 7) is 14.4. The van der Waals surface area contributed by atoms with Crippen LogP contribution in [-0.2, 0) is 6.42 Å². The summed E-state index contributed by atoms with van der Waals surface area (Å²) >= 11 is 0. The van der Waals surface area contributed by atoms with Crippen LogP contribution in [0.5, 0.6) is 5.75 Å². The number of rotatable bonds is 4. The monoisotopic (exact) mass is 232 g/mol. The lowest BCUT2D eigenvalue weighted by Crippen LogP contribution is -2.23. The molecule has 0 fully saturated rings. The predicted octanol–water partition coefficient (Wildman–Crippen LogP) is 4.85. The molecule has 1 aromatic rings. The number of aryl methyl sites for hydroxylation is 1. The quantitative estimate of drug-likeness (QED) is 0.721. The molecule has 1 aromatic carbocycles. The van der Waals surface area contributed by atoms with Crippen LogP contribution >= 0.6 is 0 Å². The summed E-state index contributed by atoms with van der Waals surface area (Å²) in [7, 11) is 0. The smallest absolute Gasteiger partial charge is 0.123 e. The van der Waals surface area contributed by atoms with Gasteiger partial charge in [-0.1, -0.05) is 37.6 Å². The minimum absolute atomic E-state index is 0.157. The van der Waals surface area contributed by atoms with Crippen molar-refractivity contribution in [2.75, 3.05) is 0 Å². The van der Waals surface area contributed by atoms with Crippen molar-refractivity contribution in [3.8, 4) is 5.75 Å². The van der Waals surface area contributed by atoms with Crippen molar-refractivity contribution in [3.05, 3.63) is 35.9 Å². The van der Waals surface area contributed by atoms with Gasteiger partial charge in [0.25, 0.3) is 0 Å². The summed E-state index contributed by atoms with van der Waals surface area (Å²) in [5.74, 6) is 1.000. The normalized spacial score (nSPS) is 11.4. The summed E-state index contributed by atoms with van der Waals surface area (Å²) < 4.78 is 6.04. The van der Waals surface area contributed by atoms with Crippen molar-refractivity contribution in [1.29, 1.82) is 0 Å². The lowest BCUT2D eigenvalue weighted by molar-refractivity contribution is 0.129. The predicted molar refractivity (Wildman–Crippen MR) is 75.5 cm³/mol. The number of benzene rings is 1. The Morgan fingerprint density at radius 1 is 1.29 bits per heavy atom. The Morgan fingerprint density at radius 3 is 2.41 bits per heavy atom. The van der Waals surface area contributed by atoms with E-state index in [1.807, 2.05) is 6.92 Å². The van der Waals surface area contributed by atoms with E-state index in [0.717, 1.165) is 29.7 Å². The molecule has 1 heteroatoms. The van der Waals surface area contributed by atoms with Crippen molar-refractivity contribution in [2.45, 2.75) is 53.1 Å². The molecule has 0 aliphatic heterocycles. The number of ether oxygens (including phenoxy) is 1. The Balaban J connectivity index is 3.11.